The van der Waals surface area contributed by atoms with Crippen LogP contribution in [0.25, 0.3) is 0 Å². The highest BCUT2D eigenvalue weighted by atomic mass is 19.4. The smallest absolute Gasteiger partial charge is 0.416 e. The molecule has 5 nitrogen and oxygen atoms in total. The number of halogens is 3. The van der Waals surface area contributed by atoms with Gasteiger partial charge in [0.25, 0.3) is 0 Å². The van der Waals surface area contributed by atoms with Crippen LogP contribution in [0, 0.1) is 0 Å². The van der Waals surface area contributed by atoms with Crippen molar-refractivity contribution in [1.29, 1.82) is 0 Å². The summed E-state index contributed by atoms with van der Waals surface area (Å²) in [4.78, 5) is 14.5. The number of carbonyl (C=O) groups excluding carboxylic acids is 1. The van der Waals surface area contributed by atoms with E-state index in [0.29, 0.717) is 25.8 Å². The van der Waals surface area contributed by atoms with E-state index in [1.54, 1.807) is 0 Å². The van der Waals surface area contributed by atoms with Gasteiger partial charge < -0.3 is 15.9 Å². The van der Waals surface area contributed by atoms with Crippen molar-refractivity contribution in [2.45, 2.75) is 37.5 Å². The molecule has 0 spiro atoms. The lowest BCUT2D eigenvalue weighted by atomic mass is 9.86. The van der Waals surface area contributed by atoms with E-state index >= 15 is 0 Å². The van der Waals surface area contributed by atoms with Crippen molar-refractivity contribution in [1.82, 2.24) is 4.90 Å². The molecule has 178 valence electrons. The maximum atomic E-state index is 12.9. The summed E-state index contributed by atoms with van der Waals surface area (Å²) in [7, 11) is 0. The molecule has 3 aromatic rings. The van der Waals surface area contributed by atoms with Gasteiger partial charge in [0.2, 0.25) is 5.91 Å². The number of benzene rings is 3. The van der Waals surface area contributed by atoms with Gasteiger partial charge in [0.05, 0.1) is 5.56 Å². The number of fused-ring (bicyclic) bond motifs is 1. The highest BCUT2D eigenvalue weighted by Crippen LogP contribution is 2.42. The molecular formula is C26H25F3N2O3. The number of aryl methyl sites for hydroxylation is 1. The number of amides is 1. The summed E-state index contributed by atoms with van der Waals surface area (Å²) in [6.45, 7) is 0.484. The number of primary amides is 1. The quantitative estimate of drug-likeness (QED) is 0.449. The number of hydrogen-bond acceptors (Lipinski definition) is 4. The first-order valence-corrected chi connectivity index (χ1v) is 11.0. The summed E-state index contributed by atoms with van der Waals surface area (Å²) in [6.07, 6.45) is -2.95. The van der Waals surface area contributed by atoms with Gasteiger partial charge in [0.1, 0.15) is 6.04 Å². The Balaban J connectivity index is 1.68. The molecule has 3 aromatic carbocycles. The lowest BCUT2D eigenvalue weighted by Crippen LogP contribution is -2.44. The summed E-state index contributed by atoms with van der Waals surface area (Å²) in [5.74, 6) is -1.00. The second-order valence-corrected chi connectivity index (χ2v) is 8.49. The van der Waals surface area contributed by atoms with Crippen LogP contribution in [-0.4, -0.2) is 27.6 Å². The molecule has 34 heavy (non-hydrogen) atoms. The third-order valence-corrected chi connectivity index (χ3v) is 6.34. The first-order chi connectivity index (χ1) is 16.1. The van der Waals surface area contributed by atoms with E-state index in [4.69, 9.17) is 5.73 Å². The zero-order valence-electron chi connectivity index (χ0n) is 18.3. The molecule has 1 aliphatic heterocycles. The average molecular weight is 470 g/mol. The zero-order valence-corrected chi connectivity index (χ0v) is 18.3. The van der Waals surface area contributed by atoms with Crippen LogP contribution < -0.4 is 5.73 Å². The van der Waals surface area contributed by atoms with Crippen molar-refractivity contribution in [3.8, 4) is 11.5 Å². The van der Waals surface area contributed by atoms with Crippen molar-refractivity contribution in [2.75, 3.05) is 6.54 Å². The first-order valence-electron chi connectivity index (χ1n) is 11.0. The number of phenols is 2. The monoisotopic (exact) mass is 470 g/mol. The second-order valence-electron chi connectivity index (χ2n) is 8.49. The molecule has 0 radical (unpaired) electrons. The van der Waals surface area contributed by atoms with Gasteiger partial charge in [-0.25, -0.2) is 0 Å². The van der Waals surface area contributed by atoms with E-state index in [1.165, 1.54) is 24.3 Å². The fraction of sp³-hybridized carbons (Fsp3) is 0.269. The van der Waals surface area contributed by atoms with Gasteiger partial charge in [-0.3, -0.25) is 9.69 Å². The Kier molecular flexibility index (Phi) is 6.52. The molecule has 4 rings (SSSR count). The van der Waals surface area contributed by atoms with Gasteiger partial charge in [-0.2, -0.15) is 13.2 Å². The molecule has 0 saturated heterocycles. The van der Waals surface area contributed by atoms with Crippen LogP contribution in [0.4, 0.5) is 13.2 Å². The summed E-state index contributed by atoms with van der Waals surface area (Å²) in [6, 6.07) is 16.1. The minimum atomic E-state index is -4.40. The fourth-order valence-electron chi connectivity index (χ4n) is 4.70. The molecule has 0 aliphatic carbocycles. The lowest BCUT2D eigenvalue weighted by Gasteiger charge is -2.41. The first kappa shape index (κ1) is 23.6. The minimum absolute atomic E-state index is 0.219. The van der Waals surface area contributed by atoms with E-state index in [0.717, 1.165) is 34.4 Å². The molecule has 0 bridgehead atoms. The van der Waals surface area contributed by atoms with Gasteiger partial charge in [-0.15, -0.1) is 0 Å². The molecule has 0 unspecified atom stereocenters. The van der Waals surface area contributed by atoms with Crippen molar-refractivity contribution < 1.29 is 28.2 Å². The number of alkyl halides is 3. The third-order valence-electron chi connectivity index (χ3n) is 6.34. The van der Waals surface area contributed by atoms with E-state index < -0.39 is 23.7 Å². The van der Waals surface area contributed by atoms with Gasteiger partial charge in [0, 0.05) is 12.6 Å². The van der Waals surface area contributed by atoms with Crippen molar-refractivity contribution in [3.05, 3.63) is 94.5 Å². The largest absolute Gasteiger partial charge is 0.504 e. The number of nitrogens with two attached hydrogens (primary N) is 1. The SMILES string of the molecule is NC(=O)[C@@H](c1ccccc1)N1CCc2cc(O)c(O)cc2[C@@H]1CCc1ccc(C(F)(F)F)cc1. The summed E-state index contributed by atoms with van der Waals surface area (Å²) in [5.41, 5.74) is 8.18. The standard InChI is InChI=1S/C26H25F3N2O3/c27-26(28,29)19-9-6-16(7-10-19)8-11-21-20-15-23(33)22(32)14-18(20)12-13-31(21)24(25(30)34)17-4-2-1-3-5-17/h1-7,9-10,14-15,21,24,32-33H,8,11-13H2,(H2,30,34)/t21-,24+/m0/s1. The molecule has 0 aromatic heterocycles. The molecule has 2 atom stereocenters. The van der Waals surface area contributed by atoms with E-state index in [9.17, 15) is 28.2 Å². The molecule has 8 heteroatoms. The Morgan fingerprint density at radius 3 is 2.29 bits per heavy atom. The van der Waals surface area contributed by atoms with Crippen molar-refractivity contribution in [3.63, 3.8) is 0 Å². The lowest BCUT2D eigenvalue weighted by molar-refractivity contribution is -0.137. The number of nitrogens with zero attached hydrogens (tertiary/aromatic N) is 1. The predicted octanol–water partition coefficient (Wildman–Crippen LogP) is 4.88. The van der Waals surface area contributed by atoms with Crippen LogP contribution in [-0.2, 0) is 23.8 Å². The van der Waals surface area contributed by atoms with E-state index in [2.05, 4.69) is 0 Å². The Labute approximate surface area is 195 Å². The second kappa shape index (κ2) is 9.38. The highest BCUT2D eigenvalue weighted by molar-refractivity contribution is 5.81. The maximum Gasteiger partial charge on any atom is 0.416 e. The third kappa shape index (κ3) is 4.87. The van der Waals surface area contributed by atoms with Gasteiger partial charge in [-0.1, -0.05) is 42.5 Å². The summed E-state index contributed by atoms with van der Waals surface area (Å²) >= 11 is 0. The summed E-state index contributed by atoms with van der Waals surface area (Å²) in [5, 5.41) is 20.1. The van der Waals surface area contributed by atoms with Crippen molar-refractivity contribution >= 4 is 5.91 Å². The molecular weight excluding hydrogens is 445 g/mol. The molecule has 4 N–H and O–H groups in total. The number of carbonyl (C=O) groups is 1. The molecule has 1 heterocycles. The van der Waals surface area contributed by atoms with Crippen molar-refractivity contribution in [2.24, 2.45) is 5.73 Å². The minimum Gasteiger partial charge on any atom is -0.504 e. The molecule has 0 saturated carbocycles. The Morgan fingerprint density at radius 2 is 1.68 bits per heavy atom. The average Bonchev–Trinajstić information content (AvgIpc) is 2.79. The Morgan fingerprint density at radius 1 is 1.03 bits per heavy atom. The van der Waals surface area contributed by atoms with Crippen LogP contribution in [0.5, 0.6) is 11.5 Å². The van der Waals surface area contributed by atoms with Crippen LogP contribution in [0.2, 0.25) is 0 Å². The van der Waals surface area contributed by atoms with Gasteiger partial charge in [-0.05, 0) is 65.8 Å². The number of aromatic hydroxyl groups is 2. The van der Waals surface area contributed by atoms with Gasteiger partial charge >= 0.3 is 6.18 Å². The Hall–Kier alpha value is -3.52. The summed E-state index contributed by atoms with van der Waals surface area (Å²) < 4.78 is 38.7. The highest BCUT2D eigenvalue weighted by Gasteiger charge is 2.36. The number of phenolic OH excluding ortho intramolecular Hbond substituents is 2. The number of rotatable bonds is 6. The van der Waals surface area contributed by atoms with E-state index in [-0.39, 0.29) is 17.5 Å². The molecule has 0 fully saturated rings. The zero-order chi connectivity index (χ0) is 24.5. The van der Waals surface area contributed by atoms with Gasteiger partial charge in [0.15, 0.2) is 11.5 Å². The van der Waals surface area contributed by atoms with Crippen LogP contribution in [0.3, 0.4) is 0 Å². The normalized spacial score (nSPS) is 17.2. The topological polar surface area (TPSA) is 86.8 Å². The maximum absolute atomic E-state index is 12.9. The molecule has 1 aliphatic rings. The number of hydrogen-bond donors (Lipinski definition) is 3. The predicted molar refractivity (Wildman–Crippen MR) is 121 cm³/mol. The fourth-order valence-corrected chi connectivity index (χ4v) is 4.70. The van der Waals surface area contributed by atoms with Crippen LogP contribution in [0.1, 0.15) is 46.3 Å². The van der Waals surface area contributed by atoms with Crippen LogP contribution >= 0.6 is 0 Å². The van der Waals surface area contributed by atoms with E-state index in [1.807, 2.05) is 35.2 Å². The molecule has 1 amide bonds. The van der Waals surface area contributed by atoms with Crippen LogP contribution in [0.15, 0.2) is 66.7 Å². The Bertz CT molecular complexity index is 1160.